The van der Waals surface area contributed by atoms with Crippen LogP contribution in [0.4, 0.5) is 0 Å². The molecule has 0 fully saturated rings. The van der Waals surface area contributed by atoms with Gasteiger partial charge in [0.15, 0.2) is 6.04 Å². The number of ether oxygens (including phenoxy) is 1. The van der Waals surface area contributed by atoms with Gasteiger partial charge in [-0.05, 0) is 29.5 Å². The summed E-state index contributed by atoms with van der Waals surface area (Å²) in [5, 5.41) is 1.10. The van der Waals surface area contributed by atoms with Gasteiger partial charge >= 0.3 is 14.1 Å². The van der Waals surface area contributed by atoms with Gasteiger partial charge in [-0.2, -0.15) is 0 Å². The van der Waals surface area contributed by atoms with Gasteiger partial charge in [0.1, 0.15) is 10.7 Å². The molecule has 8 heteroatoms. The van der Waals surface area contributed by atoms with Crippen molar-refractivity contribution in [1.82, 2.24) is 4.98 Å². The molecule has 0 aliphatic rings. The van der Waals surface area contributed by atoms with Gasteiger partial charge in [0.2, 0.25) is 5.75 Å². The highest BCUT2D eigenvalue weighted by atomic mass is 35.5. The third-order valence-corrected chi connectivity index (χ3v) is 4.57. The molecule has 0 spiro atoms. The van der Waals surface area contributed by atoms with Crippen LogP contribution in [0.25, 0.3) is 10.9 Å². The average molecular weight is 411 g/mol. The standard InChI is InChI=1S/C19H24ClN2O4P/c1-12(2)16(18(23)25-11-19(3,4)5)22-27(24)26-14-8-6-7-13-9-10-15(20)21-17(13)14/h6-10,12,16H,11H2,1-5H3/t16-/m0/s1. The number of esters is 1. The molecule has 146 valence electrons. The molecule has 0 saturated carbocycles. The fraction of sp³-hybridized carbons (Fsp3) is 0.474. The Morgan fingerprint density at radius 3 is 2.63 bits per heavy atom. The molecule has 2 rings (SSSR count). The minimum absolute atomic E-state index is 0.163. The summed E-state index contributed by atoms with van der Waals surface area (Å²) in [6.07, 6.45) is 0. The smallest absolute Gasteiger partial charge is 0.395 e. The fourth-order valence-corrected chi connectivity index (χ4v) is 3.28. The summed E-state index contributed by atoms with van der Waals surface area (Å²) in [6, 6.07) is 7.82. The Kier molecular flexibility index (Phi) is 7.15. The fourth-order valence-electron chi connectivity index (χ4n) is 2.20. The number of hydrogen-bond acceptors (Lipinski definition) is 6. The molecule has 0 aliphatic carbocycles. The molecule has 0 N–H and O–H groups in total. The van der Waals surface area contributed by atoms with E-state index in [-0.39, 0.29) is 17.9 Å². The normalized spacial score (nSPS) is 13.7. The second-order valence-electron chi connectivity index (χ2n) is 7.76. The molecule has 0 saturated heterocycles. The maximum absolute atomic E-state index is 12.5. The van der Waals surface area contributed by atoms with Crippen molar-refractivity contribution < 1.29 is 18.9 Å². The molecule has 27 heavy (non-hydrogen) atoms. The van der Waals surface area contributed by atoms with Gasteiger partial charge in [-0.3, -0.25) is 4.52 Å². The highest BCUT2D eigenvalue weighted by Crippen LogP contribution is 2.32. The molecular weight excluding hydrogens is 387 g/mol. The first-order chi connectivity index (χ1) is 12.6. The van der Waals surface area contributed by atoms with E-state index in [0.717, 1.165) is 5.39 Å². The third kappa shape index (κ3) is 6.42. The summed E-state index contributed by atoms with van der Waals surface area (Å²) >= 11 is 5.94. The van der Waals surface area contributed by atoms with E-state index in [1.807, 2.05) is 40.7 Å². The molecule has 0 amide bonds. The number of para-hydroxylation sites is 1. The molecule has 0 aliphatic heterocycles. The van der Waals surface area contributed by atoms with Crippen molar-refractivity contribution in [3.63, 3.8) is 0 Å². The van der Waals surface area contributed by atoms with Crippen LogP contribution in [-0.4, -0.2) is 23.6 Å². The van der Waals surface area contributed by atoms with Crippen LogP contribution in [0, 0.1) is 11.3 Å². The molecule has 2 aromatic rings. The maximum Gasteiger partial charge on any atom is 0.395 e. The van der Waals surface area contributed by atoms with Crippen molar-refractivity contribution in [3.8, 4) is 5.75 Å². The topological polar surface area (TPSA) is 83.8 Å². The van der Waals surface area contributed by atoms with E-state index in [9.17, 15) is 9.69 Å². The first kappa shape index (κ1) is 21.5. The summed E-state index contributed by atoms with van der Waals surface area (Å²) in [6.45, 7) is 9.77. The van der Waals surface area contributed by atoms with Crippen LogP contribution in [0.5, 0.6) is 5.75 Å². The zero-order chi connectivity index (χ0) is 20.2. The van der Waals surface area contributed by atoms with Crippen molar-refractivity contribution in [2.24, 2.45) is 16.1 Å². The number of carbonyl (C=O) groups excluding carboxylic acids is 1. The number of hydrogen-bond donors (Lipinski definition) is 0. The number of benzene rings is 1. The molecule has 0 bridgehead atoms. The summed E-state index contributed by atoms with van der Waals surface area (Å²) in [5.74, 6) is -0.392. The van der Waals surface area contributed by atoms with E-state index in [2.05, 4.69) is 9.73 Å². The molecule has 1 heterocycles. The lowest BCUT2D eigenvalue weighted by atomic mass is 9.98. The highest BCUT2D eigenvalue weighted by Gasteiger charge is 2.29. The number of rotatable bonds is 6. The number of pyridine rings is 1. The van der Waals surface area contributed by atoms with E-state index in [1.165, 1.54) is 0 Å². The quantitative estimate of drug-likeness (QED) is 0.390. The Morgan fingerprint density at radius 2 is 2.00 bits per heavy atom. The SMILES string of the molecule is CC(C)[C@H](N=[P+]([O-])Oc1cccc2ccc(Cl)nc12)C(=O)OCC(C)(C)C. The predicted molar refractivity (Wildman–Crippen MR) is 106 cm³/mol. The number of aromatic nitrogens is 1. The highest BCUT2D eigenvalue weighted by molar-refractivity contribution is 7.34. The Hall–Kier alpha value is -1.75. The van der Waals surface area contributed by atoms with Gasteiger partial charge in [0.25, 0.3) is 0 Å². The van der Waals surface area contributed by atoms with Crippen molar-refractivity contribution in [3.05, 3.63) is 35.5 Å². The summed E-state index contributed by atoms with van der Waals surface area (Å²) in [5.41, 5.74) is 0.323. The minimum Gasteiger partial charge on any atom is -0.575 e. The van der Waals surface area contributed by atoms with Gasteiger partial charge in [-0.1, -0.05) is 63.1 Å². The van der Waals surface area contributed by atoms with Crippen LogP contribution in [-0.2, 0) is 9.53 Å². The van der Waals surface area contributed by atoms with E-state index in [1.54, 1.807) is 24.3 Å². The van der Waals surface area contributed by atoms with Crippen molar-refractivity contribution in [2.75, 3.05) is 6.61 Å². The molecule has 0 radical (unpaired) electrons. The van der Waals surface area contributed by atoms with E-state index >= 15 is 0 Å². The Labute approximate surface area is 165 Å². The van der Waals surface area contributed by atoms with Gasteiger partial charge in [0.05, 0.1) is 6.61 Å². The van der Waals surface area contributed by atoms with Crippen molar-refractivity contribution in [1.29, 1.82) is 0 Å². The second kappa shape index (κ2) is 8.96. The Morgan fingerprint density at radius 1 is 1.30 bits per heavy atom. The largest absolute Gasteiger partial charge is 0.575 e. The Bertz CT molecular complexity index is 849. The summed E-state index contributed by atoms with van der Waals surface area (Å²) in [7, 11) is -2.49. The second-order valence-corrected chi connectivity index (χ2v) is 9.04. The molecule has 1 aromatic carbocycles. The lowest BCUT2D eigenvalue weighted by Gasteiger charge is -2.20. The van der Waals surface area contributed by atoms with Crippen LogP contribution in [0.2, 0.25) is 5.15 Å². The first-order valence-electron chi connectivity index (χ1n) is 8.65. The van der Waals surface area contributed by atoms with Crippen LogP contribution in [0.1, 0.15) is 34.6 Å². The molecule has 1 aromatic heterocycles. The van der Waals surface area contributed by atoms with E-state index in [4.69, 9.17) is 20.9 Å². The average Bonchev–Trinajstić information content (AvgIpc) is 2.57. The lowest BCUT2D eigenvalue weighted by Crippen LogP contribution is -2.30. The number of nitrogens with zero attached hydrogens (tertiary/aromatic N) is 2. The van der Waals surface area contributed by atoms with Gasteiger partial charge in [0, 0.05) is 5.39 Å². The van der Waals surface area contributed by atoms with Crippen LogP contribution >= 0.6 is 19.8 Å². The monoisotopic (exact) mass is 410 g/mol. The molecule has 6 nitrogen and oxygen atoms in total. The minimum atomic E-state index is -2.49. The van der Waals surface area contributed by atoms with Crippen LogP contribution in [0.15, 0.2) is 35.1 Å². The molecular formula is C19H24ClN2O4P. The zero-order valence-electron chi connectivity index (χ0n) is 16.1. The molecule has 1 unspecified atom stereocenters. The van der Waals surface area contributed by atoms with E-state index in [0.29, 0.717) is 16.4 Å². The van der Waals surface area contributed by atoms with Crippen LogP contribution < -0.4 is 9.42 Å². The van der Waals surface area contributed by atoms with Crippen molar-refractivity contribution in [2.45, 2.75) is 40.7 Å². The van der Waals surface area contributed by atoms with Gasteiger partial charge in [-0.15, -0.1) is 0 Å². The van der Waals surface area contributed by atoms with E-state index < -0.39 is 20.2 Å². The zero-order valence-corrected chi connectivity index (χ0v) is 17.8. The Balaban J connectivity index is 2.21. The summed E-state index contributed by atoms with van der Waals surface area (Å²) in [4.78, 5) is 29.0. The number of fused-ring (bicyclic) bond motifs is 1. The number of carbonyl (C=O) groups is 1. The van der Waals surface area contributed by atoms with Crippen molar-refractivity contribution >= 4 is 36.6 Å². The van der Waals surface area contributed by atoms with Crippen LogP contribution in [0.3, 0.4) is 0 Å². The van der Waals surface area contributed by atoms with Gasteiger partial charge in [-0.25, -0.2) is 9.78 Å². The first-order valence-corrected chi connectivity index (χ1v) is 10.2. The third-order valence-electron chi connectivity index (χ3n) is 3.56. The van der Waals surface area contributed by atoms with Gasteiger partial charge < -0.3 is 9.63 Å². The molecule has 2 atom stereocenters. The predicted octanol–water partition coefficient (Wildman–Crippen LogP) is 4.74. The summed E-state index contributed by atoms with van der Waals surface area (Å²) < 4.78 is 14.8. The lowest BCUT2D eigenvalue weighted by molar-refractivity contribution is -0.170. The maximum atomic E-state index is 12.5. The number of halogens is 1.